The summed E-state index contributed by atoms with van der Waals surface area (Å²) in [5.74, 6) is 0.198. The molecule has 41 heavy (non-hydrogen) atoms. The Labute approximate surface area is 246 Å². The molecule has 206 valence electrons. The van der Waals surface area contributed by atoms with Crippen molar-refractivity contribution in [2.75, 3.05) is 7.11 Å². The largest absolute Gasteiger partial charge is 0.493 e. The van der Waals surface area contributed by atoms with Crippen LogP contribution >= 0.6 is 15.9 Å². The molecule has 5 aromatic rings. The fourth-order valence-electron chi connectivity index (χ4n) is 4.43. The van der Waals surface area contributed by atoms with Crippen LogP contribution in [-0.2, 0) is 6.61 Å². The molecule has 0 aliphatic carbocycles. The van der Waals surface area contributed by atoms with Crippen LogP contribution in [0, 0.1) is 12.7 Å². The number of hydrazone groups is 1. The molecule has 0 saturated carbocycles. The van der Waals surface area contributed by atoms with E-state index in [-0.39, 0.29) is 18.3 Å². The summed E-state index contributed by atoms with van der Waals surface area (Å²) in [6.07, 6.45) is 1.51. The number of benzene rings is 4. The van der Waals surface area contributed by atoms with Crippen molar-refractivity contribution in [2.45, 2.75) is 13.5 Å². The fraction of sp³-hybridized carbons (Fsp3) is 0.0909. The maximum atomic E-state index is 14.0. The highest BCUT2D eigenvalue weighted by Gasteiger charge is 2.14. The van der Waals surface area contributed by atoms with E-state index in [9.17, 15) is 9.18 Å². The summed E-state index contributed by atoms with van der Waals surface area (Å²) in [5, 5.41) is 4.11. The molecule has 0 saturated heterocycles. The Kier molecular flexibility index (Phi) is 8.60. The van der Waals surface area contributed by atoms with Crippen molar-refractivity contribution in [1.82, 2.24) is 9.99 Å². The maximum absolute atomic E-state index is 14.0. The molecule has 1 aromatic heterocycles. The zero-order valence-corrected chi connectivity index (χ0v) is 24.1. The van der Waals surface area contributed by atoms with E-state index >= 15 is 0 Å². The second-order valence-corrected chi connectivity index (χ2v) is 10.1. The smallest absolute Gasteiger partial charge is 0.271 e. The minimum Gasteiger partial charge on any atom is -0.493 e. The molecule has 1 N–H and O–H groups in total. The van der Waals surface area contributed by atoms with E-state index in [2.05, 4.69) is 62.2 Å². The van der Waals surface area contributed by atoms with E-state index in [1.54, 1.807) is 42.5 Å². The summed E-state index contributed by atoms with van der Waals surface area (Å²) < 4.78 is 28.0. The van der Waals surface area contributed by atoms with Crippen LogP contribution in [0.2, 0.25) is 0 Å². The number of halogens is 2. The lowest BCUT2D eigenvalue weighted by atomic mass is 10.1. The lowest BCUT2D eigenvalue weighted by molar-refractivity contribution is 0.0955. The third-order valence-corrected chi connectivity index (χ3v) is 7.08. The van der Waals surface area contributed by atoms with Gasteiger partial charge in [-0.25, -0.2) is 9.82 Å². The van der Waals surface area contributed by atoms with Gasteiger partial charge in [0.15, 0.2) is 11.5 Å². The molecule has 6 nitrogen and oxygen atoms in total. The van der Waals surface area contributed by atoms with Crippen molar-refractivity contribution in [2.24, 2.45) is 5.10 Å². The zero-order valence-electron chi connectivity index (χ0n) is 22.5. The Morgan fingerprint density at radius 3 is 2.44 bits per heavy atom. The zero-order chi connectivity index (χ0) is 28.8. The molecule has 0 atom stereocenters. The Balaban J connectivity index is 1.25. The third kappa shape index (κ3) is 6.39. The van der Waals surface area contributed by atoms with Gasteiger partial charge < -0.3 is 14.0 Å². The first-order valence-electron chi connectivity index (χ1n) is 12.9. The van der Waals surface area contributed by atoms with Gasteiger partial charge >= 0.3 is 0 Å². The van der Waals surface area contributed by atoms with Crippen LogP contribution in [0.3, 0.4) is 0 Å². The topological polar surface area (TPSA) is 64.8 Å². The van der Waals surface area contributed by atoms with Gasteiger partial charge in [-0.15, -0.1) is 0 Å². The molecular weight excluding hydrogens is 585 g/mol. The van der Waals surface area contributed by atoms with Gasteiger partial charge in [0.2, 0.25) is 0 Å². The number of carbonyl (C=O) groups excluding carboxylic acids is 1. The van der Waals surface area contributed by atoms with Gasteiger partial charge in [-0.05, 0) is 88.6 Å². The number of hydrogen-bond acceptors (Lipinski definition) is 4. The van der Waals surface area contributed by atoms with Gasteiger partial charge in [-0.1, -0.05) is 48.5 Å². The van der Waals surface area contributed by atoms with Crippen LogP contribution in [0.15, 0.2) is 113 Å². The highest BCUT2D eigenvalue weighted by molar-refractivity contribution is 9.10. The van der Waals surface area contributed by atoms with Crippen LogP contribution < -0.4 is 14.9 Å². The number of nitrogens with one attached hydrogen (secondary N) is 1. The monoisotopic (exact) mass is 611 g/mol. The van der Waals surface area contributed by atoms with Crippen molar-refractivity contribution in [1.29, 1.82) is 0 Å². The minimum atomic E-state index is -0.339. The molecule has 0 aliphatic rings. The molecule has 0 fully saturated rings. The first-order chi connectivity index (χ1) is 19.9. The van der Waals surface area contributed by atoms with E-state index < -0.39 is 0 Å². The van der Waals surface area contributed by atoms with Crippen molar-refractivity contribution in [3.8, 4) is 28.4 Å². The first kappa shape index (κ1) is 27.9. The lowest BCUT2D eigenvalue weighted by Gasteiger charge is -2.14. The molecule has 1 amide bonds. The standard InChI is InChI=1S/C33H27BrFN3O3/c1-22-12-17-30(24-8-4-3-5-9-24)38(22)27-15-13-25(14-16-27)33(39)37-36-20-23-18-28(34)32(31(19-23)40-2)41-21-26-10-6-7-11-29(26)35/h3-20H,21H2,1-2H3,(H,37,39)/b36-20+. The van der Waals surface area contributed by atoms with Gasteiger partial charge in [0.1, 0.15) is 12.4 Å². The SMILES string of the molecule is COc1cc(/C=N/NC(=O)c2ccc(-n3c(C)ccc3-c3ccccc3)cc2)cc(Br)c1OCc1ccccc1F. The molecule has 0 bridgehead atoms. The summed E-state index contributed by atoms with van der Waals surface area (Å²) >= 11 is 3.49. The minimum absolute atomic E-state index is 0.0430. The van der Waals surface area contributed by atoms with E-state index in [1.807, 2.05) is 30.3 Å². The number of hydrogen-bond donors (Lipinski definition) is 1. The normalized spacial score (nSPS) is 11.0. The summed E-state index contributed by atoms with van der Waals surface area (Å²) in [7, 11) is 1.52. The number of aryl methyl sites for hydroxylation is 1. The number of ether oxygens (including phenoxy) is 2. The molecule has 4 aromatic carbocycles. The Morgan fingerprint density at radius 2 is 1.71 bits per heavy atom. The van der Waals surface area contributed by atoms with Gasteiger partial charge in [0.05, 0.1) is 23.5 Å². The number of nitrogens with zero attached hydrogens (tertiary/aromatic N) is 2. The molecule has 0 aliphatic heterocycles. The number of methoxy groups -OCH3 is 1. The number of rotatable bonds is 9. The molecule has 8 heteroatoms. The predicted octanol–water partition coefficient (Wildman–Crippen LogP) is 7.71. The first-order valence-corrected chi connectivity index (χ1v) is 13.6. The summed E-state index contributed by atoms with van der Waals surface area (Å²) in [6, 6.07) is 31.6. The summed E-state index contributed by atoms with van der Waals surface area (Å²) in [4.78, 5) is 12.8. The molecule has 5 rings (SSSR count). The summed E-state index contributed by atoms with van der Waals surface area (Å²) in [5.41, 5.74) is 8.39. The van der Waals surface area contributed by atoms with E-state index in [4.69, 9.17) is 9.47 Å². The van der Waals surface area contributed by atoms with Gasteiger partial charge in [0.25, 0.3) is 5.91 Å². The van der Waals surface area contributed by atoms with Crippen LogP contribution in [0.5, 0.6) is 11.5 Å². The second kappa shape index (κ2) is 12.7. The highest BCUT2D eigenvalue weighted by Crippen LogP contribution is 2.37. The van der Waals surface area contributed by atoms with E-state index in [0.717, 1.165) is 22.6 Å². The average Bonchev–Trinajstić information content (AvgIpc) is 3.38. The average molecular weight is 612 g/mol. The molecule has 0 unspecified atom stereocenters. The van der Waals surface area contributed by atoms with Crippen molar-refractivity contribution >= 4 is 28.1 Å². The number of carbonyl (C=O) groups is 1. The number of amides is 1. The van der Waals surface area contributed by atoms with Crippen molar-refractivity contribution < 1.29 is 18.7 Å². The van der Waals surface area contributed by atoms with Crippen molar-refractivity contribution in [3.63, 3.8) is 0 Å². The predicted molar refractivity (Wildman–Crippen MR) is 162 cm³/mol. The highest BCUT2D eigenvalue weighted by atomic mass is 79.9. The summed E-state index contributed by atoms with van der Waals surface area (Å²) in [6.45, 7) is 2.10. The van der Waals surface area contributed by atoms with Gasteiger partial charge in [0, 0.05) is 22.5 Å². The molecular formula is C33H27BrFN3O3. The molecule has 0 spiro atoms. The van der Waals surface area contributed by atoms with Crippen LogP contribution in [0.25, 0.3) is 16.9 Å². The Hall–Kier alpha value is -4.69. The van der Waals surface area contributed by atoms with Crippen LogP contribution in [0.4, 0.5) is 4.39 Å². The van der Waals surface area contributed by atoms with E-state index in [0.29, 0.717) is 32.7 Å². The Morgan fingerprint density at radius 1 is 0.976 bits per heavy atom. The molecule has 1 heterocycles. The second-order valence-electron chi connectivity index (χ2n) is 9.22. The van der Waals surface area contributed by atoms with Crippen molar-refractivity contribution in [3.05, 3.63) is 136 Å². The number of aromatic nitrogens is 1. The quantitative estimate of drug-likeness (QED) is 0.137. The Bertz CT molecular complexity index is 1700. The molecule has 0 radical (unpaired) electrons. The lowest BCUT2D eigenvalue weighted by Crippen LogP contribution is -2.17. The fourth-order valence-corrected chi connectivity index (χ4v) is 5.00. The van der Waals surface area contributed by atoms with Crippen LogP contribution in [-0.4, -0.2) is 23.8 Å². The van der Waals surface area contributed by atoms with Crippen LogP contribution in [0.1, 0.15) is 27.2 Å². The van der Waals surface area contributed by atoms with Gasteiger partial charge in [-0.2, -0.15) is 5.10 Å². The van der Waals surface area contributed by atoms with Gasteiger partial charge in [-0.3, -0.25) is 4.79 Å². The third-order valence-electron chi connectivity index (χ3n) is 6.49. The van der Waals surface area contributed by atoms with E-state index in [1.165, 1.54) is 19.4 Å². The maximum Gasteiger partial charge on any atom is 0.271 e.